The van der Waals surface area contributed by atoms with E-state index in [2.05, 4.69) is 17.6 Å². The molecular formula is C22H26N2O4S. The van der Waals surface area contributed by atoms with Gasteiger partial charge in [-0.15, -0.1) is 11.3 Å². The first kappa shape index (κ1) is 21.0. The lowest BCUT2D eigenvalue weighted by molar-refractivity contribution is -0.137. The number of hydrogen-bond acceptors (Lipinski definition) is 4. The Morgan fingerprint density at radius 2 is 1.76 bits per heavy atom. The standard InChI is InChI=1S/C22H26N2O4S/c1-2-14-10-12-15(13-11-14)23-21(28)20-16-6-3-4-7-17(16)29-22(20)24-18(25)8-5-9-19(26)27/h10-13H,2-9H2,1H3,(H,23,28)(H,24,25)(H,26,27). The molecule has 2 amide bonds. The normalized spacial score (nSPS) is 12.9. The summed E-state index contributed by atoms with van der Waals surface area (Å²) in [5.41, 5.74) is 3.51. The third kappa shape index (κ3) is 5.44. The van der Waals surface area contributed by atoms with Crippen LogP contribution in [-0.2, 0) is 28.9 Å². The van der Waals surface area contributed by atoms with Crippen molar-refractivity contribution in [2.45, 2.75) is 58.3 Å². The van der Waals surface area contributed by atoms with E-state index in [1.165, 1.54) is 16.9 Å². The molecular weight excluding hydrogens is 388 g/mol. The number of rotatable bonds is 8. The van der Waals surface area contributed by atoms with E-state index in [0.29, 0.717) is 10.6 Å². The number of aryl methyl sites for hydroxylation is 2. The van der Waals surface area contributed by atoms with Gasteiger partial charge in [0.05, 0.1) is 5.56 Å². The quantitative estimate of drug-likeness (QED) is 0.587. The SMILES string of the molecule is CCc1ccc(NC(=O)c2c(NC(=O)CCCC(=O)O)sc3c2CCCC3)cc1. The summed E-state index contributed by atoms with van der Waals surface area (Å²) in [7, 11) is 0. The van der Waals surface area contributed by atoms with Crippen molar-refractivity contribution >= 4 is 39.8 Å². The van der Waals surface area contributed by atoms with Crippen LogP contribution in [0.15, 0.2) is 24.3 Å². The number of anilines is 2. The fourth-order valence-corrected chi connectivity index (χ4v) is 4.80. The number of nitrogens with one attached hydrogen (secondary N) is 2. The molecule has 0 radical (unpaired) electrons. The molecule has 1 aliphatic carbocycles. The number of carboxylic acid groups (broad SMARTS) is 1. The molecule has 1 aliphatic rings. The van der Waals surface area contributed by atoms with E-state index in [-0.39, 0.29) is 31.1 Å². The summed E-state index contributed by atoms with van der Waals surface area (Å²) in [6.07, 6.45) is 5.14. The predicted molar refractivity (Wildman–Crippen MR) is 115 cm³/mol. The van der Waals surface area contributed by atoms with Crippen LogP contribution < -0.4 is 10.6 Å². The van der Waals surface area contributed by atoms with Crippen molar-refractivity contribution in [3.05, 3.63) is 45.8 Å². The van der Waals surface area contributed by atoms with Crippen LogP contribution >= 0.6 is 11.3 Å². The maximum atomic E-state index is 13.1. The summed E-state index contributed by atoms with van der Waals surface area (Å²) in [5, 5.41) is 15.1. The van der Waals surface area contributed by atoms with Crippen molar-refractivity contribution in [1.29, 1.82) is 0 Å². The van der Waals surface area contributed by atoms with Crippen LogP contribution in [-0.4, -0.2) is 22.9 Å². The molecule has 1 aromatic heterocycles. The summed E-state index contributed by atoms with van der Waals surface area (Å²) in [5.74, 6) is -1.39. The highest BCUT2D eigenvalue weighted by atomic mass is 32.1. The molecule has 1 heterocycles. The number of thiophene rings is 1. The number of hydrogen-bond donors (Lipinski definition) is 3. The van der Waals surface area contributed by atoms with Gasteiger partial charge in [0.15, 0.2) is 0 Å². The fraction of sp³-hybridized carbons (Fsp3) is 0.409. The predicted octanol–water partition coefficient (Wildman–Crippen LogP) is 4.64. The van der Waals surface area contributed by atoms with Gasteiger partial charge in [-0.3, -0.25) is 14.4 Å². The molecule has 0 saturated carbocycles. The maximum absolute atomic E-state index is 13.1. The Morgan fingerprint density at radius 3 is 2.45 bits per heavy atom. The number of carboxylic acids is 1. The summed E-state index contributed by atoms with van der Waals surface area (Å²) in [4.78, 5) is 37.2. The minimum atomic E-state index is -0.918. The van der Waals surface area contributed by atoms with E-state index in [1.807, 2.05) is 24.3 Å². The Morgan fingerprint density at radius 1 is 1.03 bits per heavy atom. The Hall–Kier alpha value is -2.67. The molecule has 3 rings (SSSR count). The van der Waals surface area contributed by atoms with Gasteiger partial charge in [-0.05, 0) is 61.8 Å². The molecule has 1 aromatic carbocycles. The summed E-state index contributed by atoms with van der Waals surface area (Å²) in [6, 6.07) is 7.76. The van der Waals surface area contributed by atoms with Gasteiger partial charge >= 0.3 is 5.97 Å². The molecule has 7 heteroatoms. The first-order valence-corrected chi connectivity index (χ1v) is 10.9. The highest BCUT2D eigenvalue weighted by molar-refractivity contribution is 7.17. The zero-order valence-corrected chi connectivity index (χ0v) is 17.4. The number of fused-ring (bicyclic) bond motifs is 1. The van der Waals surface area contributed by atoms with Gasteiger partial charge in [-0.1, -0.05) is 19.1 Å². The molecule has 0 bridgehead atoms. The van der Waals surface area contributed by atoms with Gasteiger partial charge in [0, 0.05) is 23.4 Å². The van der Waals surface area contributed by atoms with Crippen molar-refractivity contribution in [3.8, 4) is 0 Å². The Balaban J connectivity index is 1.78. The van der Waals surface area contributed by atoms with Crippen LogP contribution in [0.2, 0.25) is 0 Å². The number of carbonyl (C=O) groups is 3. The van der Waals surface area contributed by atoms with E-state index in [0.717, 1.165) is 48.2 Å². The van der Waals surface area contributed by atoms with Gasteiger partial charge in [0.25, 0.3) is 5.91 Å². The van der Waals surface area contributed by atoms with Crippen molar-refractivity contribution in [2.75, 3.05) is 10.6 Å². The van der Waals surface area contributed by atoms with Crippen molar-refractivity contribution in [3.63, 3.8) is 0 Å². The molecule has 0 fully saturated rings. The second-order valence-corrected chi connectivity index (χ2v) is 8.32. The number of aliphatic carboxylic acids is 1. The third-order valence-corrected chi connectivity index (χ3v) is 6.27. The van der Waals surface area contributed by atoms with E-state index in [9.17, 15) is 14.4 Å². The van der Waals surface area contributed by atoms with Crippen LogP contribution in [0.5, 0.6) is 0 Å². The van der Waals surface area contributed by atoms with E-state index in [4.69, 9.17) is 5.11 Å². The molecule has 3 N–H and O–H groups in total. The molecule has 0 atom stereocenters. The van der Waals surface area contributed by atoms with E-state index >= 15 is 0 Å². The lowest BCUT2D eigenvalue weighted by atomic mass is 9.95. The minimum absolute atomic E-state index is 0.0462. The van der Waals surface area contributed by atoms with E-state index in [1.54, 1.807) is 0 Å². The molecule has 2 aromatic rings. The zero-order chi connectivity index (χ0) is 20.8. The molecule has 0 saturated heterocycles. The Labute approximate surface area is 174 Å². The van der Waals surface area contributed by atoms with Gasteiger partial charge in [0.2, 0.25) is 5.91 Å². The van der Waals surface area contributed by atoms with Crippen molar-refractivity contribution in [1.82, 2.24) is 0 Å². The van der Waals surface area contributed by atoms with Crippen LogP contribution in [0, 0.1) is 0 Å². The van der Waals surface area contributed by atoms with Crippen molar-refractivity contribution < 1.29 is 19.5 Å². The lowest BCUT2D eigenvalue weighted by Gasteiger charge is -2.13. The molecule has 154 valence electrons. The van der Waals surface area contributed by atoms with Gasteiger partial charge in [-0.25, -0.2) is 0 Å². The minimum Gasteiger partial charge on any atom is -0.481 e. The number of carbonyl (C=O) groups excluding carboxylic acids is 2. The summed E-state index contributed by atoms with van der Waals surface area (Å²) in [6.45, 7) is 2.08. The molecule has 29 heavy (non-hydrogen) atoms. The van der Waals surface area contributed by atoms with Crippen LogP contribution in [0.25, 0.3) is 0 Å². The summed E-state index contributed by atoms with van der Waals surface area (Å²) >= 11 is 1.47. The largest absolute Gasteiger partial charge is 0.481 e. The van der Waals surface area contributed by atoms with E-state index < -0.39 is 5.97 Å². The second-order valence-electron chi connectivity index (χ2n) is 7.22. The smallest absolute Gasteiger partial charge is 0.303 e. The Bertz CT molecular complexity index is 902. The molecule has 0 unspecified atom stereocenters. The van der Waals surface area contributed by atoms with Crippen molar-refractivity contribution in [2.24, 2.45) is 0 Å². The van der Waals surface area contributed by atoms with Crippen LogP contribution in [0.1, 0.15) is 65.4 Å². The zero-order valence-electron chi connectivity index (χ0n) is 16.5. The Kier molecular flexibility index (Phi) is 7.04. The lowest BCUT2D eigenvalue weighted by Crippen LogP contribution is -2.18. The van der Waals surface area contributed by atoms with Gasteiger partial charge < -0.3 is 15.7 Å². The number of benzene rings is 1. The summed E-state index contributed by atoms with van der Waals surface area (Å²) < 4.78 is 0. The van der Waals surface area contributed by atoms with Crippen LogP contribution in [0.3, 0.4) is 0 Å². The topological polar surface area (TPSA) is 95.5 Å². The fourth-order valence-electron chi connectivity index (χ4n) is 3.50. The average molecular weight is 415 g/mol. The third-order valence-electron chi connectivity index (χ3n) is 5.07. The second kappa shape index (κ2) is 9.69. The molecule has 0 spiro atoms. The first-order valence-electron chi connectivity index (χ1n) is 10.0. The van der Waals surface area contributed by atoms with Gasteiger partial charge in [-0.2, -0.15) is 0 Å². The molecule has 6 nitrogen and oxygen atoms in total. The highest BCUT2D eigenvalue weighted by Crippen LogP contribution is 2.38. The maximum Gasteiger partial charge on any atom is 0.303 e. The monoisotopic (exact) mass is 414 g/mol. The number of amides is 2. The highest BCUT2D eigenvalue weighted by Gasteiger charge is 2.26. The van der Waals surface area contributed by atoms with Gasteiger partial charge in [0.1, 0.15) is 5.00 Å². The molecule has 0 aliphatic heterocycles. The average Bonchev–Trinajstić information content (AvgIpc) is 3.06. The first-order chi connectivity index (χ1) is 14.0. The van der Waals surface area contributed by atoms with Crippen LogP contribution in [0.4, 0.5) is 10.7 Å².